The first kappa shape index (κ1) is 25.1. The molecule has 2 aromatic rings. The van der Waals surface area contributed by atoms with E-state index in [-0.39, 0.29) is 24.9 Å². The van der Waals surface area contributed by atoms with Crippen LogP contribution < -0.4 is 0 Å². The van der Waals surface area contributed by atoms with Gasteiger partial charge in [-0.15, -0.1) is 0 Å². The monoisotopic (exact) mass is 455 g/mol. The zero-order valence-corrected chi connectivity index (χ0v) is 19.4. The van der Waals surface area contributed by atoms with E-state index >= 15 is 0 Å². The van der Waals surface area contributed by atoms with Gasteiger partial charge in [0.1, 0.15) is 5.82 Å². The van der Waals surface area contributed by atoms with E-state index < -0.39 is 12.1 Å². The second-order valence-corrected chi connectivity index (χ2v) is 8.84. The molecule has 0 spiro atoms. The average molecular weight is 456 g/mol. The summed E-state index contributed by atoms with van der Waals surface area (Å²) >= 11 is 0. The maximum atomic E-state index is 13.9. The van der Waals surface area contributed by atoms with E-state index in [9.17, 15) is 14.3 Å². The SMILES string of the molecule is Cc1ccc(C[C@@H]2CCCN2C[C@H](O)CO[C@H](C)c2ccccc2/C=C/CC(=O)O)cc1F. The highest BCUT2D eigenvalue weighted by Gasteiger charge is 2.27. The predicted octanol–water partition coefficient (Wildman–Crippen LogP) is 4.77. The van der Waals surface area contributed by atoms with Crippen LogP contribution in [0.2, 0.25) is 0 Å². The molecule has 0 unspecified atom stereocenters. The molecule has 1 fully saturated rings. The number of aryl methyl sites for hydroxylation is 1. The maximum absolute atomic E-state index is 13.9. The van der Waals surface area contributed by atoms with Gasteiger partial charge in [-0.2, -0.15) is 0 Å². The van der Waals surface area contributed by atoms with Gasteiger partial charge in [-0.25, -0.2) is 4.39 Å². The summed E-state index contributed by atoms with van der Waals surface area (Å²) < 4.78 is 19.9. The van der Waals surface area contributed by atoms with Gasteiger partial charge in [0.2, 0.25) is 0 Å². The number of hydrogen-bond acceptors (Lipinski definition) is 4. The van der Waals surface area contributed by atoms with Gasteiger partial charge in [-0.05, 0) is 68.0 Å². The molecule has 2 aromatic carbocycles. The molecule has 1 aliphatic heterocycles. The molecule has 5 nitrogen and oxygen atoms in total. The molecule has 1 aliphatic rings. The number of ether oxygens (including phenoxy) is 1. The Morgan fingerprint density at radius 2 is 2.09 bits per heavy atom. The maximum Gasteiger partial charge on any atom is 0.307 e. The molecule has 0 aliphatic carbocycles. The topological polar surface area (TPSA) is 70.0 Å². The van der Waals surface area contributed by atoms with Crippen LogP contribution in [0.25, 0.3) is 6.08 Å². The van der Waals surface area contributed by atoms with Crippen LogP contribution in [0, 0.1) is 12.7 Å². The number of rotatable bonds is 11. The van der Waals surface area contributed by atoms with Gasteiger partial charge in [0.05, 0.1) is 25.2 Å². The van der Waals surface area contributed by atoms with Gasteiger partial charge >= 0.3 is 5.97 Å². The first-order valence-corrected chi connectivity index (χ1v) is 11.6. The lowest BCUT2D eigenvalue weighted by Gasteiger charge is -2.27. The molecule has 0 saturated carbocycles. The number of likely N-dealkylation sites (tertiary alicyclic amines) is 1. The van der Waals surface area contributed by atoms with Crippen LogP contribution in [0.4, 0.5) is 4.39 Å². The summed E-state index contributed by atoms with van der Waals surface area (Å²) in [7, 11) is 0. The number of carbonyl (C=O) groups is 1. The lowest BCUT2D eigenvalue weighted by atomic mass is 10.0. The minimum Gasteiger partial charge on any atom is -0.481 e. The van der Waals surface area contributed by atoms with Gasteiger partial charge < -0.3 is 14.9 Å². The van der Waals surface area contributed by atoms with Crippen molar-refractivity contribution in [2.24, 2.45) is 0 Å². The zero-order chi connectivity index (χ0) is 23.8. The van der Waals surface area contributed by atoms with Crippen LogP contribution in [0.5, 0.6) is 0 Å². The Labute approximate surface area is 195 Å². The number of hydrogen-bond donors (Lipinski definition) is 2. The molecule has 1 saturated heterocycles. The van der Waals surface area contributed by atoms with Crippen molar-refractivity contribution in [1.82, 2.24) is 4.90 Å². The van der Waals surface area contributed by atoms with E-state index in [4.69, 9.17) is 9.84 Å². The number of nitrogens with zero attached hydrogens (tertiary/aromatic N) is 1. The third-order valence-electron chi connectivity index (χ3n) is 6.21. The molecule has 0 aromatic heterocycles. The third kappa shape index (κ3) is 7.49. The predicted molar refractivity (Wildman–Crippen MR) is 128 cm³/mol. The molecule has 178 valence electrons. The number of halogens is 1. The van der Waals surface area contributed by atoms with Gasteiger partial charge in [0, 0.05) is 12.6 Å². The summed E-state index contributed by atoms with van der Waals surface area (Å²) in [6, 6.07) is 13.4. The summed E-state index contributed by atoms with van der Waals surface area (Å²) in [5.41, 5.74) is 3.50. The second kappa shape index (κ2) is 12.1. The van der Waals surface area contributed by atoms with Crippen molar-refractivity contribution in [3.8, 4) is 0 Å². The van der Waals surface area contributed by atoms with Gasteiger partial charge in [0.15, 0.2) is 0 Å². The largest absolute Gasteiger partial charge is 0.481 e. The number of carboxylic acids is 1. The van der Waals surface area contributed by atoms with Crippen molar-refractivity contribution in [3.05, 3.63) is 76.6 Å². The zero-order valence-electron chi connectivity index (χ0n) is 19.4. The molecule has 3 atom stereocenters. The van der Waals surface area contributed by atoms with Crippen molar-refractivity contribution >= 4 is 12.0 Å². The fraction of sp³-hybridized carbons (Fsp3) is 0.444. The summed E-state index contributed by atoms with van der Waals surface area (Å²) in [5, 5.41) is 19.5. The van der Waals surface area contributed by atoms with E-state index in [1.165, 1.54) is 0 Å². The highest BCUT2D eigenvalue weighted by atomic mass is 19.1. The van der Waals surface area contributed by atoms with Crippen LogP contribution in [0.3, 0.4) is 0 Å². The van der Waals surface area contributed by atoms with Crippen LogP contribution in [0.1, 0.15) is 54.5 Å². The van der Waals surface area contributed by atoms with E-state index in [1.54, 1.807) is 25.1 Å². The first-order valence-electron chi connectivity index (χ1n) is 11.6. The lowest BCUT2D eigenvalue weighted by molar-refractivity contribution is -0.135. The molecule has 33 heavy (non-hydrogen) atoms. The van der Waals surface area contributed by atoms with E-state index in [2.05, 4.69) is 4.90 Å². The molecule has 0 bridgehead atoms. The van der Waals surface area contributed by atoms with Crippen molar-refractivity contribution in [2.75, 3.05) is 19.7 Å². The van der Waals surface area contributed by atoms with Gasteiger partial charge in [-0.3, -0.25) is 9.69 Å². The summed E-state index contributed by atoms with van der Waals surface area (Å²) in [6.45, 7) is 5.34. The molecule has 6 heteroatoms. The molecular weight excluding hydrogens is 421 g/mol. The van der Waals surface area contributed by atoms with Crippen LogP contribution in [-0.4, -0.2) is 52.9 Å². The van der Waals surface area contributed by atoms with Crippen LogP contribution >= 0.6 is 0 Å². The molecular formula is C27H34FNO4. The summed E-state index contributed by atoms with van der Waals surface area (Å²) in [5.74, 6) is -1.04. The number of carboxylic acid groups (broad SMARTS) is 1. The van der Waals surface area contributed by atoms with E-state index in [0.29, 0.717) is 18.2 Å². The average Bonchev–Trinajstić information content (AvgIpc) is 3.21. The van der Waals surface area contributed by atoms with Crippen LogP contribution in [-0.2, 0) is 16.0 Å². The normalized spacial score (nSPS) is 18.6. The third-order valence-corrected chi connectivity index (χ3v) is 6.21. The smallest absolute Gasteiger partial charge is 0.307 e. The Hall–Kier alpha value is -2.54. The minimum absolute atomic E-state index is 0.0332. The van der Waals surface area contributed by atoms with Crippen molar-refractivity contribution in [2.45, 2.75) is 57.8 Å². The number of β-amino-alcohol motifs (C(OH)–C–C–N with tert-alkyl or cyclic N) is 1. The highest BCUT2D eigenvalue weighted by molar-refractivity contribution is 5.70. The quantitative estimate of drug-likeness (QED) is 0.511. The van der Waals surface area contributed by atoms with Crippen molar-refractivity contribution in [3.63, 3.8) is 0 Å². The van der Waals surface area contributed by atoms with E-state index in [1.807, 2.05) is 43.3 Å². The Kier molecular flexibility index (Phi) is 9.18. The molecule has 3 rings (SSSR count). The van der Waals surface area contributed by atoms with Crippen molar-refractivity contribution in [1.29, 1.82) is 0 Å². The van der Waals surface area contributed by atoms with Gasteiger partial charge in [0.25, 0.3) is 0 Å². The Morgan fingerprint density at radius 1 is 1.30 bits per heavy atom. The Balaban J connectivity index is 1.52. The van der Waals surface area contributed by atoms with Gasteiger partial charge in [-0.1, -0.05) is 48.6 Å². The molecule has 1 heterocycles. The molecule has 2 N–H and O–H groups in total. The lowest BCUT2D eigenvalue weighted by Crippen LogP contribution is -2.39. The van der Waals surface area contributed by atoms with Crippen LogP contribution in [0.15, 0.2) is 48.5 Å². The number of aliphatic hydroxyl groups excluding tert-OH is 1. The number of aliphatic hydroxyl groups is 1. The first-order chi connectivity index (χ1) is 15.8. The second-order valence-electron chi connectivity index (χ2n) is 8.84. The summed E-state index contributed by atoms with van der Waals surface area (Å²) in [6.07, 6.45) is 5.40. The fourth-order valence-electron chi connectivity index (χ4n) is 4.39. The summed E-state index contributed by atoms with van der Waals surface area (Å²) in [4.78, 5) is 13.0. The molecule has 0 radical (unpaired) electrons. The Bertz CT molecular complexity index is 961. The number of aliphatic carboxylic acids is 1. The molecule has 0 amide bonds. The fourth-order valence-corrected chi connectivity index (χ4v) is 4.39. The standard InChI is InChI=1S/C27H34FNO4/c1-19-12-13-21(16-26(19)28)15-23-9-6-14-29(23)17-24(30)18-33-20(2)25-10-4-3-7-22(25)8-5-11-27(31)32/h3-5,7-8,10,12-13,16,20,23-24,30H,6,9,11,14-15,17-18H2,1-2H3,(H,31,32)/b8-5+/t20-,23+,24+/m1/s1. The number of benzene rings is 2. The van der Waals surface area contributed by atoms with E-state index in [0.717, 1.165) is 42.5 Å². The minimum atomic E-state index is -0.871. The highest BCUT2D eigenvalue weighted by Crippen LogP contribution is 2.25. The Morgan fingerprint density at radius 3 is 2.85 bits per heavy atom. The van der Waals surface area contributed by atoms with Crippen molar-refractivity contribution < 1.29 is 24.1 Å².